The fourth-order valence-corrected chi connectivity index (χ4v) is 3.21. The number of carbonyl (C=O) groups is 1. The molecule has 0 aliphatic heterocycles. The van der Waals surface area contributed by atoms with Crippen molar-refractivity contribution in [3.05, 3.63) is 77.1 Å². The van der Waals surface area contributed by atoms with Crippen LogP contribution in [0.3, 0.4) is 0 Å². The molecule has 2 N–H and O–H groups in total. The van der Waals surface area contributed by atoms with Crippen molar-refractivity contribution in [2.45, 2.75) is 19.3 Å². The summed E-state index contributed by atoms with van der Waals surface area (Å²) in [4.78, 5) is 12.6. The highest BCUT2D eigenvalue weighted by Crippen LogP contribution is 2.27. The third-order valence-electron chi connectivity index (χ3n) is 4.45. The number of amides is 1. The molecule has 1 aromatic heterocycles. The van der Waals surface area contributed by atoms with Crippen LogP contribution in [-0.2, 0) is 12.8 Å². The van der Waals surface area contributed by atoms with E-state index in [4.69, 9.17) is 0 Å². The average Bonchev–Trinajstić information content (AvgIpc) is 3.26. The Kier molecular flexibility index (Phi) is 4.23. The van der Waals surface area contributed by atoms with Crippen LogP contribution in [0.4, 0.5) is 0 Å². The Morgan fingerprint density at radius 3 is 2.69 bits per heavy atom. The van der Waals surface area contributed by atoms with E-state index >= 15 is 0 Å². The Balaban J connectivity index is 1.58. The van der Waals surface area contributed by atoms with Crippen molar-refractivity contribution in [1.82, 2.24) is 15.2 Å². The van der Waals surface area contributed by atoms with E-state index in [-0.39, 0.29) is 11.7 Å². The molecule has 0 spiro atoms. The number of hydrogen-bond acceptors (Lipinski definition) is 4. The molecule has 0 saturated heterocycles. The van der Waals surface area contributed by atoms with Gasteiger partial charge in [-0.3, -0.25) is 4.79 Å². The predicted octanol–water partition coefficient (Wildman–Crippen LogP) is 2.83. The highest BCUT2D eigenvalue weighted by molar-refractivity contribution is 5.95. The van der Waals surface area contributed by atoms with E-state index in [0.717, 1.165) is 36.2 Å². The van der Waals surface area contributed by atoms with Crippen molar-refractivity contribution in [2.75, 3.05) is 0 Å². The number of aromatic nitrogens is 2. The lowest BCUT2D eigenvalue weighted by atomic mass is 10.2. The molecular weight excluding hydrogens is 328 g/mol. The van der Waals surface area contributed by atoms with Crippen molar-refractivity contribution in [2.24, 2.45) is 5.10 Å². The van der Waals surface area contributed by atoms with Crippen LogP contribution >= 0.6 is 0 Å². The van der Waals surface area contributed by atoms with Gasteiger partial charge in [-0.2, -0.15) is 10.2 Å². The minimum absolute atomic E-state index is 0.111. The van der Waals surface area contributed by atoms with Crippen LogP contribution < -0.4 is 5.43 Å². The van der Waals surface area contributed by atoms with Gasteiger partial charge in [0.1, 0.15) is 5.75 Å². The Bertz CT molecular complexity index is 977. The Labute approximate surface area is 150 Å². The number of hydrogen-bond donors (Lipinski definition) is 2. The van der Waals surface area contributed by atoms with Crippen molar-refractivity contribution in [1.29, 1.82) is 0 Å². The fourth-order valence-electron chi connectivity index (χ4n) is 3.21. The molecule has 130 valence electrons. The minimum atomic E-state index is -0.343. The first-order valence-electron chi connectivity index (χ1n) is 8.51. The van der Waals surface area contributed by atoms with Crippen molar-refractivity contribution in [3.63, 3.8) is 0 Å². The first-order chi connectivity index (χ1) is 12.7. The molecule has 0 saturated carbocycles. The smallest absolute Gasteiger partial charge is 0.292 e. The van der Waals surface area contributed by atoms with Gasteiger partial charge in [0.15, 0.2) is 5.69 Å². The third kappa shape index (κ3) is 2.97. The lowest BCUT2D eigenvalue weighted by Crippen LogP contribution is -2.20. The molecule has 1 amide bonds. The van der Waals surface area contributed by atoms with E-state index in [0.29, 0.717) is 11.3 Å². The number of benzene rings is 2. The zero-order valence-corrected chi connectivity index (χ0v) is 14.1. The van der Waals surface area contributed by atoms with Crippen LogP contribution in [0.25, 0.3) is 5.69 Å². The standard InChI is InChI=1S/C20H18N4O2/c25-18-12-5-4-7-14(18)13-21-22-20(26)19-16-10-6-11-17(16)24(23-19)15-8-2-1-3-9-15/h1-5,7-9,12-13,25H,6,10-11H2,(H,22,26)/b21-13+. The number of hydrazone groups is 1. The van der Waals surface area contributed by atoms with Gasteiger partial charge < -0.3 is 5.11 Å². The Morgan fingerprint density at radius 2 is 1.88 bits per heavy atom. The van der Waals surface area contributed by atoms with E-state index < -0.39 is 0 Å². The second kappa shape index (κ2) is 6.84. The maximum Gasteiger partial charge on any atom is 0.292 e. The summed E-state index contributed by atoms with van der Waals surface area (Å²) in [5, 5.41) is 18.2. The molecule has 6 heteroatoms. The second-order valence-electron chi connectivity index (χ2n) is 6.13. The highest BCUT2D eigenvalue weighted by Gasteiger charge is 2.26. The Morgan fingerprint density at radius 1 is 1.12 bits per heavy atom. The van der Waals surface area contributed by atoms with E-state index in [9.17, 15) is 9.90 Å². The first kappa shape index (κ1) is 16.1. The van der Waals surface area contributed by atoms with Crippen LogP contribution in [0.15, 0.2) is 59.7 Å². The molecule has 0 bridgehead atoms. The van der Waals surface area contributed by atoms with Gasteiger partial charge in [-0.15, -0.1) is 0 Å². The maximum absolute atomic E-state index is 12.6. The van der Waals surface area contributed by atoms with E-state index in [1.165, 1.54) is 6.21 Å². The summed E-state index contributed by atoms with van der Waals surface area (Å²) in [7, 11) is 0. The predicted molar refractivity (Wildman–Crippen MR) is 98.8 cm³/mol. The molecule has 3 aromatic rings. The number of phenols is 1. The van der Waals surface area contributed by atoms with Crippen molar-refractivity contribution >= 4 is 12.1 Å². The van der Waals surface area contributed by atoms with E-state index in [1.54, 1.807) is 24.3 Å². The average molecular weight is 346 g/mol. The van der Waals surface area contributed by atoms with Gasteiger partial charge in [0.2, 0.25) is 0 Å². The first-order valence-corrected chi connectivity index (χ1v) is 8.51. The number of nitrogens with zero attached hydrogens (tertiary/aromatic N) is 3. The largest absolute Gasteiger partial charge is 0.507 e. The molecule has 0 fully saturated rings. The lowest BCUT2D eigenvalue weighted by molar-refractivity contribution is 0.0949. The van der Waals surface area contributed by atoms with Crippen molar-refractivity contribution in [3.8, 4) is 11.4 Å². The highest BCUT2D eigenvalue weighted by atomic mass is 16.3. The number of carbonyl (C=O) groups excluding carboxylic acids is 1. The van der Waals surface area contributed by atoms with Crippen LogP contribution in [0.2, 0.25) is 0 Å². The molecule has 0 atom stereocenters. The minimum Gasteiger partial charge on any atom is -0.507 e. The molecule has 1 heterocycles. The molecule has 26 heavy (non-hydrogen) atoms. The second-order valence-corrected chi connectivity index (χ2v) is 6.13. The molecule has 1 aliphatic carbocycles. The lowest BCUT2D eigenvalue weighted by Gasteiger charge is -2.04. The van der Waals surface area contributed by atoms with Crippen LogP contribution in [0.5, 0.6) is 5.75 Å². The number of aromatic hydroxyl groups is 1. The van der Waals surface area contributed by atoms with E-state index in [2.05, 4.69) is 15.6 Å². The third-order valence-corrected chi connectivity index (χ3v) is 4.45. The van der Waals surface area contributed by atoms with Gasteiger partial charge in [-0.25, -0.2) is 10.1 Å². The topological polar surface area (TPSA) is 79.5 Å². The zero-order chi connectivity index (χ0) is 17.9. The molecule has 0 radical (unpaired) electrons. The Hall–Kier alpha value is -3.41. The van der Waals surface area contributed by atoms with Gasteiger partial charge >= 0.3 is 0 Å². The van der Waals surface area contributed by atoms with Gasteiger partial charge in [0.25, 0.3) is 5.91 Å². The normalized spacial score (nSPS) is 13.1. The summed E-state index contributed by atoms with van der Waals surface area (Å²) in [6, 6.07) is 16.6. The quantitative estimate of drug-likeness (QED) is 0.563. The van der Waals surface area contributed by atoms with Gasteiger partial charge in [-0.05, 0) is 43.5 Å². The summed E-state index contributed by atoms with van der Waals surface area (Å²) in [6.45, 7) is 0. The maximum atomic E-state index is 12.6. The van der Waals surface area contributed by atoms with Gasteiger partial charge in [0.05, 0.1) is 11.9 Å². The molecule has 0 unspecified atom stereocenters. The summed E-state index contributed by atoms with van der Waals surface area (Å²) in [5.74, 6) is -0.232. The molecule has 2 aromatic carbocycles. The molecule has 1 aliphatic rings. The molecule has 4 rings (SSSR count). The summed E-state index contributed by atoms with van der Waals surface area (Å²) >= 11 is 0. The summed E-state index contributed by atoms with van der Waals surface area (Å²) in [6.07, 6.45) is 4.18. The monoisotopic (exact) mass is 346 g/mol. The van der Waals surface area contributed by atoms with Crippen LogP contribution in [0, 0.1) is 0 Å². The van der Waals surface area contributed by atoms with Crippen LogP contribution in [-0.4, -0.2) is 27.0 Å². The SMILES string of the molecule is O=C(N/N=C/c1ccccc1O)c1nn(-c2ccccc2)c2c1CCC2. The van der Waals surface area contributed by atoms with Gasteiger partial charge in [-0.1, -0.05) is 30.3 Å². The van der Waals surface area contributed by atoms with Crippen LogP contribution in [0.1, 0.15) is 33.7 Å². The van der Waals surface area contributed by atoms with E-state index in [1.807, 2.05) is 35.0 Å². The summed E-state index contributed by atoms with van der Waals surface area (Å²) < 4.78 is 1.85. The molecule has 6 nitrogen and oxygen atoms in total. The summed E-state index contributed by atoms with van der Waals surface area (Å²) in [5.41, 5.74) is 6.49. The number of rotatable bonds is 4. The number of para-hydroxylation sites is 2. The number of fused-ring (bicyclic) bond motifs is 1. The fraction of sp³-hybridized carbons (Fsp3) is 0.150. The van der Waals surface area contributed by atoms with Gasteiger partial charge in [0, 0.05) is 16.8 Å². The van der Waals surface area contributed by atoms with Crippen molar-refractivity contribution < 1.29 is 9.90 Å². The zero-order valence-electron chi connectivity index (χ0n) is 14.1. The number of phenolic OH excluding ortho intramolecular Hbond substituents is 1. The molecular formula is C20H18N4O2. The number of nitrogens with one attached hydrogen (secondary N) is 1.